The number of benzene rings is 2. The molecular formula is C25H21N5S2. The molecular weight excluding hydrogens is 434 g/mol. The Balaban J connectivity index is 1.62. The molecule has 5 rings (SSSR count). The van der Waals surface area contributed by atoms with Gasteiger partial charge in [-0.25, -0.2) is 4.98 Å². The summed E-state index contributed by atoms with van der Waals surface area (Å²) >= 11 is 3.43. The molecule has 0 aliphatic heterocycles. The van der Waals surface area contributed by atoms with Gasteiger partial charge in [0.05, 0.1) is 15.7 Å². The minimum Gasteiger partial charge on any atom is -0.245 e. The number of nitrogens with zero attached hydrogens (tertiary/aromatic N) is 4. The van der Waals surface area contributed by atoms with Gasteiger partial charge in [-0.3, -0.25) is 0 Å². The van der Waals surface area contributed by atoms with E-state index in [-0.39, 0.29) is 0 Å². The molecule has 5 nitrogen and oxygen atoms in total. The highest BCUT2D eigenvalue weighted by Gasteiger charge is 2.16. The van der Waals surface area contributed by atoms with Crippen LogP contribution in [0.25, 0.3) is 33.5 Å². The summed E-state index contributed by atoms with van der Waals surface area (Å²) < 4.78 is 1.21. The van der Waals surface area contributed by atoms with Crippen LogP contribution in [-0.4, -0.2) is 25.6 Å². The molecule has 0 amide bonds. The average Bonchev–Trinajstić information content (AvgIpc) is 3.58. The first kappa shape index (κ1) is 20.5. The van der Waals surface area contributed by atoms with Gasteiger partial charge in [-0.2, -0.15) is 16.6 Å². The number of thiophene rings is 1. The van der Waals surface area contributed by atoms with Crippen LogP contribution in [0.2, 0.25) is 0 Å². The van der Waals surface area contributed by atoms with E-state index in [9.17, 15) is 0 Å². The smallest absolute Gasteiger partial charge is 0.197 e. The van der Waals surface area contributed by atoms with Gasteiger partial charge in [0.2, 0.25) is 0 Å². The molecule has 32 heavy (non-hydrogen) atoms. The van der Waals surface area contributed by atoms with Gasteiger partial charge in [0.25, 0.3) is 0 Å². The predicted molar refractivity (Wildman–Crippen MR) is 134 cm³/mol. The van der Waals surface area contributed by atoms with E-state index in [1.807, 2.05) is 17.7 Å². The van der Waals surface area contributed by atoms with E-state index in [1.165, 1.54) is 38.1 Å². The Bertz CT molecular complexity index is 1410. The van der Waals surface area contributed by atoms with Gasteiger partial charge in [0, 0.05) is 0 Å². The fourth-order valence-electron chi connectivity index (χ4n) is 3.87. The van der Waals surface area contributed by atoms with Crippen molar-refractivity contribution < 1.29 is 0 Å². The lowest BCUT2D eigenvalue weighted by molar-refractivity contribution is 0.881. The zero-order valence-corrected chi connectivity index (χ0v) is 19.4. The largest absolute Gasteiger partial charge is 0.245 e. The van der Waals surface area contributed by atoms with Crippen LogP contribution < -0.4 is 0 Å². The summed E-state index contributed by atoms with van der Waals surface area (Å²) in [6.07, 6.45) is 4.78. The van der Waals surface area contributed by atoms with Gasteiger partial charge in [-0.1, -0.05) is 43.3 Å². The van der Waals surface area contributed by atoms with Crippen LogP contribution in [0.3, 0.4) is 0 Å². The van der Waals surface area contributed by atoms with Crippen molar-refractivity contribution in [2.45, 2.75) is 20.3 Å². The number of rotatable bonds is 6. The molecule has 7 heteroatoms. The van der Waals surface area contributed by atoms with Gasteiger partial charge in [-0.15, -0.1) is 21.5 Å². The Kier molecular flexibility index (Phi) is 5.75. The van der Waals surface area contributed by atoms with Crippen LogP contribution in [-0.2, 0) is 0 Å². The average molecular weight is 456 g/mol. The van der Waals surface area contributed by atoms with Crippen LogP contribution >= 0.6 is 22.7 Å². The van der Waals surface area contributed by atoms with Crippen LogP contribution in [0, 0.1) is 6.92 Å². The van der Waals surface area contributed by atoms with Crippen LogP contribution in [0.5, 0.6) is 0 Å². The zero-order valence-electron chi connectivity index (χ0n) is 17.7. The fourth-order valence-corrected chi connectivity index (χ4v) is 5.39. The highest BCUT2D eigenvalue weighted by atomic mass is 32.1. The molecule has 1 N–H and O–H groups in total. The number of H-pyrrole nitrogens is 1. The fraction of sp³-hybridized carbons (Fsp3) is 0.120. The van der Waals surface area contributed by atoms with Crippen LogP contribution in [0.4, 0.5) is 0 Å². The molecule has 0 bridgehead atoms. The number of thiazole rings is 1. The minimum absolute atomic E-state index is 0.562. The second kappa shape index (κ2) is 8.98. The maximum Gasteiger partial charge on any atom is 0.197 e. The van der Waals surface area contributed by atoms with Gasteiger partial charge >= 0.3 is 0 Å². The van der Waals surface area contributed by atoms with Crippen molar-refractivity contribution in [1.29, 1.82) is 0 Å². The lowest BCUT2D eigenvalue weighted by Gasteiger charge is -2.16. The molecule has 0 saturated heterocycles. The van der Waals surface area contributed by atoms with E-state index in [4.69, 9.17) is 0 Å². The molecule has 0 fully saturated rings. The highest BCUT2D eigenvalue weighted by Crippen LogP contribution is 2.38. The SMILES string of the molecule is CCC(=C(c1ccc(C=Cc2nn[nH]n2)cc1)c1ccc2scnc2c1)c1cscc1C. The lowest BCUT2D eigenvalue weighted by atomic mass is 9.87. The van der Waals surface area contributed by atoms with Gasteiger partial charge in [-0.05, 0) is 86.5 Å². The summed E-state index contributed by atoms with van der Waals surface area (Å²) in [7, 11) is 0. The van der Waals surface area contributed by atoms with Crippen molar-refractivity contribution >= 4 is 56.2 Å². The number of tetrazole rings is 1. The Hall–Kier alpha value is -3.42. The Morgan fingerprint density at radius 3 is 2.59 bits per heavy atom. The Morgan fingerprint density at radius 2 is 1.88 bits per heavy atom. The van der Waals surface area contributed by atoms with Crippen molar-refractivity contribution in [2.24, 2.45) is 0 Å². The molecule has 5 aromatic rings. The quantitative estimate of drug-likeness (QED) is 0.309. The first-order valence-electron chi connectivity index (χ1n) is 10.3. The maximum absolute atomic E-state index is 4.55. The van der Waals surface area contributed by atoms with Crippen molar-refractivity contribution in [2.75, 3.05) is 0 Å². The van der Waals surface area contributed by atoms with Gasteiger partial charge in [0.15, 0.2) is 5.82 Å². The standard InChI is InChI=1S/C25H21N5S2/c1-3-20(21-14-31-13-16(21)2)25(19-9-10-23-22(12-19)26-15-32-23)18-7-4-17(5-8-18)6-11-24-27-29-30-28-24/h4-15H,3H2,1-2H3,(H,27,28,29,30). The van der Waals surface area contributed by atoms with Crippen molar-refractivity contribution in [3.05, 3.63) is 92.4 Å². The molecule has 158 valence electrons. The molecule has 0 unspecified atom stereocenters. The number of allylic oxidation sites excluding steroid dienone is 1. The van der Waals surface area contributed by atoms with Crippen molar-refractivity contribution in [3.63, 3.8) is 0 Å². The highest BCUT2D eigenvalue weighted by molar-refractivity contribution is 7.16. The van der Waals surface area contributed by atoms with E-state index >= 15 is 0 Å². The van der Waals surface area contributed by atoms with Gasteiger partial charge in [0.1, 0.15) is 0 Å². The predicted octanol–water partition coefficient (Wildman–Crippen LogP) is 6.72. The second-order valence-electron chi connectivity index (χ2n) is 7.44. The first-order valence-corrected chi connectivity index (χ1v) is 12.2. The molecule has 2 aromatic carbocycles. The molecule has 0 atom stereocenters. The summed E-state index contributed by atoms with van der Waals surface area (Å²) in [5.74, 6) is 0.562. The van der Waals surface area contributed by atoms with E-state index in [1.54, 1.807) is 22.7 Å². The third kappa shape index (κ3) is 4.04. The first-order chi connectivity index (χ1) is 15.7. The summed E-state index contributed by atoms with van der Waals surface area (Å²) in [5, 5.41) is 18.5. The number of aryl methyl sites for hydroxylation is 1. The van der Waals surface area contributed by atoms with Crippen molar-refractivity contribution in [1.82, 2.24) is 25.6 Å². The molecule has 0 saturated carbocycles. The monoisotopic (exact) mass is 455 g/mol. The maximum atomic E-state index is 4.55. The number of aromatic nitrogens is 5. The Morgan fingerprint density at radius 1 is 1.03 bits per heavy atom. The van der Waals surface area contributed by atoms with E-state index in [2.05, 4.69) is 92.7 Å². The Labute approximate surface area is 194 Å². The number of aromatic amines is 1. The van der Waals surface area contributed by atoms with E-state index in [0.29, 0.717) is 5.82 Å². The second-order valence-corrected chi connectivity index (χ2v) is 9.07. The van der Waals surface area contributed by atoms with Crippen LogP contribution in [0.1, 0.15) is 47.0 Å². The summed E-state index contributed by atoms with van der Waals surface area (Å²) in [6.45, 7) is 4.42. The number of hydrogen-bond acceptors (Lipinski definition) is 6. The summed E-state index contributed by atoms with van der Waals surface area (Å²) in [5.41, 5.74) is 11.7. The normalized spacial score (nSPS) is 12.6. The van der Waals surface area contributed by atoms with Gasteiger partial charge < -0.3 is 0 Å². The van der Waals surface area contributed by atoms with E-state index in [0.717, 1.165) is 17.5 Å². The molecule has 0 radical (unpaired) electrons. The minimum atomic E-state index is 0.562. The molecule has 3 heterocycles. The number of nitrogens with one attached hydrogen (secondary N) is 1. The third-order valence-corrected chi connectivity index (χ3v) is 7.11. The van der Waals surface area contributed by atoms with Crippen LogP contribution in [0.15, 0.2) is 58.7 Å². The number of hydrogen-bond donors (Lipinski definition) is 1. The number of fused-ring (bicyclic) bond motifs is 1. The lowest BCUT2D eigenvalue weighted by Crippen LogP contribution is -1.95. The zero-order chi connectivity index (χ0) is 21.9. The molecule has 3 aromatic heterocycles. The molecule has 0 aliphatic carbocycles. The summed E-state index contributed by atoms with van der Waals surface area (Å²) in [4.78, 5) is 4.55. The topological polar surface area (TPSA) is 67.3 Å². The molecule has 0 spiro atoms. The summed E-state index contributed by atoms with van der Waals surface area (Å²) in [6, 6.07) is 15.2. The van der Waals surface area contributed by atoms with Crippen molar-refractivity contribution in [3.8, 4) is 0 Å². The third-order valence-electron chi connectivity index (χ3n) is 5.44. The molecule has 0 aliphatic rings. The van der Waals surface area contributed by atoms with E-state index < -0.39 is 0 Å².